The molecule has 0 unspecified atom stereocenters. The number of ether oxygens (including phenoxy) is 1. The number of esters is 1. The van der Waals surface area contributed by atoms with Crippen LogP contribution in [0.15, 0.2) is 99.4 Å². The zero-order chi connectivity index (χ0) is 28.7. The minimum absolute atomic E-state index is 0.232. The van der Waals surface area contributed by atoms with E-state index in [1.165, 1.54) is 22.7 Å². The lowest BCUT2D eigenvalue weighted by atomic mass is 10.0. The average molecular weight is 601 g/mol. The fraction of sp³-hybridized carbons (Fsp3) is 0.161. The summed E-state index contributed by atoms with van der Waals surface area (Å²) < 4.78 is 9.46. The number of allylic oxidation sites excluding steroid dienone is 1. The summed E-state index contributed by atoms with van der Waals surface area (Å²) in [5.74, 6) is -0.469. The first kappa shape index (κ1) is 27.1. The second kappa shape index (κ2) is 11.1. The fourth-order valence-corrected chi connectivity index (χ4v) is 6.74. The molecule has 0 aliphatic carbocycles. The first-order valence-corrected chi connectivity index (χ1v) is 15.1. The van der Waals surface area contributed by atoms with Gasteiger partial charge in [-0.2, -0.15) is 5.10 Å². The molecule has 206 valence electrons. The molecule has 2 aromatic carbocycles. The summed E-state index contributed by atoms with van der Waals surface area (Å²) in [6.45, 7) is 5.39. The van der Waals surface area contributed by atoms with Crippen LogP contribution in [0.2, 0.25) is 5.02 Å². The van der Waals surface area contributed by atoms with Crippen LogP contribution in [0.1, 0.15) is 37.3 Å². The van der Waals surface area contributed by atoms with E-state index in [1.54, 1.807) is 30.0 Å². The van der Waals surface area contributed by atoms with Crippen molar-refractivity contribution in [3.05, 3.63) is 125 Å². The quantitative estimate of drug-likeness (QED) is 0.232. The number of halogens is 1. The monoisotopic (exact) mass is 600 g/mol. The molecule has 0 bridgehead atoms. The molecule has 0 fully saturated rings. The number of para-hydroxylation sites is 1. The first-order valence-electron chi connectivity index (χ1n) is 13.0. The van der Waals surface area contributed by atoms with Crippen molar-refractivity contribution in [2.45, 2.75) is 32.9 Å². The standard InChI is InChI=1S/C31H25ClN4O3S2/c1-18(2)39-30(38)26-19(3)33-31-36(28(26)24-10-7-15-40-24)29(37)25(41-31)16-21-17-35(23-8-5-4-6-9-23)34-27(21)20-11-13-22(32)14-12-20/h4-18,28H,1-3H3/b25-16+/t28-/m1/s1. The van der Waals surface area contributed by atoms with Crippen LogP contribution in [0, 0.1) is 0 Å². The van der Waals surface area contributed by atoms with Crippen molar-refractivity contribution in [3.8, 4) is 16.9 Å². The minimum atomic E-state index is -0.623. The van der Waals surface area contributed by atoms with Crippen molar-refractivity contribution in [2.75, 3.05) is 0 Å². The molecule has 0 spiro atoms. The number of thiazole rings is 1. The molecule has 7 nitrogen and oxygen atoms in total. The summed E-state index contributed by atoms with van der Waals surface area (Å²) in [5, 5.41) is 7.43. The van der Waals surface area contributed by atoms with Crippen LogP contribution in [0.5, 0.6) is 0 Å². The zero-order valence-corrected chi connectivity index (χ0v) is 24.8. The van der Waals surface area contributed by atoms with Gasteiger partial charge in [0.15, 0.2) is 4.80 Å². The Morgan fingerprint density at radius 2 is 1.83 bits per heavy atom. The highest BCUT2D eigenvalue weighted by atomic mass is 35.5. The first-order chi connectivity index (χ1) is 19.8. The number of hydrogen-bond acceptors (Lipinski definition) is 7. The van der Waals surface area contributed by atoms with E-state index in [2.05, 4.69) is 0 Å². The van der Waals surface area contributed by atoms with Crippen molar-refractivity contribution in [1.82, 2.24) is 14.3 Å². The number of hydrogen-bond donors (Lipinski definition) is 0. The largest absolute Gasteiger partial charge is 0.459 e. The number of carbonyl (C=O) groups is 1. The summed E-state index contributed by atoms with van der Waals surface area (Å²) >= 11 is 8.93. The lowest BCUT2D eigenvalue weighted by Gasteiger charge is -2.24. The Bertz CT molecular complexity index is 1950. The summed E-state index contributed by atoms with van der Waals surface area (Å²) in [5.41, 5.74) is 3.93. The number of fused-ring (bicyclic) bond motifs is 1. The van der Waals surface area contributed by atoms with Crippen molar-refractivity contribution in [3.63, 3.8) is 0 Å². The smallest absolute Gasteiger partial charge is 0.338 e. The summed E-state index contributed by atoms with van der Waals surface area (Å²) in [6.07, 6.45) is 3.45. The molecular formula is C31H25ClN4O3S2. The van der Waals surface area contributed by atoms with Crippen LogP contribution in [-0.4, -0.2) is 26.4 Å². The zero-order valence-electron chi connectivity index (χ0n) is 22.4. The van der Waals surface area contributed by atoms with Crippen molar-refractivity contribution >= 4 is 46.3 Å². The Balaban J connectivity index is 1.54. The molecule has 0 radical (unpaired) electrons. The fourth-order valence-electron chi connectivity index (χ4n) is 4.76. The maximum absolute atomic E-state index is 14.1. The van der Waals surface area contributed by atoms with E-state index in [0.29, 0.717) is 31.3 Å². The molecule has 1 atom stereocenters. The van der Waals surface area contributed by atoms with Crippen molar-refractivity contribution in [2.24, 2.45) is 4.99 Å². The number of aromatic nitrogens is 3. The van der Waals surface area contributed by atoms with Gasteiger partial charge in [0.05, 0.1) is 27.6 Å². The lowest BCUT2D eigenvalue weighted by Crippen LogP contribution is -2.39. The number of thiophene rings is 1. The Hall–Kier alpha value is -4.05. The lowest BCUT2D eigenvalue weighted by molar-refractivity contribution is -0.143. The van der Waals surface area contributed by atoms with Gasteiger partial charge in [-0.25, -0.2) is 14.5 Å². The van der Waals surface area contributed by atoms with Gasteiger partial charge in [0.25, 0.3) is 5.56 Å². The van der Waals surface area contributed by atoms with Gasteiger partial charge in [-0.15, -0.1) is 11.3 Å². The van der Waals surface area contributed by atoms with Gasteiger partial charge in [0.1, 0.15) is 11.7 Å². The van der Waals surface area contributed by atoms with Gasteiger partial charge >= 0.3 is 5.97 Å². The maximum atomic E-state index is 14.1. The van der Waals surface area contributed by atoms with Crippen LogP contribution in [0.4, 0.5) is 0 Å². The minimum Gasteiger partial charge on any atom is -0.459 e. The molecule has 1 aliphatic rings. The highest BCUT2D eigenvalue weighted by molar-refractivity contribution is 7.10. The highest BCUT2D eigenvalue weighted by Gasteiger charge is 2.34. The molecule has 41 heavy (non-hydrogen) atoms. The molecule has 1 aliphatic heterocycles. The second-order valence-corrected chi connectivity index (χ2v) is 12.2. The average Bonchev–Trinajstić information content (AvgIpc) is 3.69. The number of benzene rings is 2. The van der Waals surface area contributed by atoms with E-state index in [4.69, 9.17) is 26.4 Å². The summed E-state index contributed by atoms with van der Waals surface area (Å²) in [6, 6.07) is 20.5. The Kier molecular flexibility index (Phi) is 7.33. The van der Waals surface area contributed by atoms with Crippen LogP contribution >= 0.6 is 34.3 Å². The van der Waals surface area contributed by atoms with Crippen molar-refractivity contribution in [1.29, 1.82) is 0 Å². The summed E-state index contributed by atoms with van der Waals surface area (Å²) in [4.78, 5) is 33.4. The van der Waals surface area contributed by atoms with E-state index >= 15 is 0 Å². The molecule has 0 saturated carbocycles. The predicted molar refractivity (Wildman–Crippen MR) is 163 cm³/mol. The van der Waals surface area contributed by atoms with Gasteiger partial charge in [0.2, 0.25) is 0 Å². The molecule has 10 heteroatoms. The maximum Gasteiger partial charge on any atom is 0.338 e. The van der Waals surface area contributed by atoms with Gasteiger partial charge in [0, 0.05) is 27.2 Å². The van der Waals surface area contributed by atoms with E-state index in [9.17, 15) is 9.59 Å². The molecule has 5 aromatic rings. The molecule has 0 saturated heterocycles. The predicted octanol–water partition coefficient (Wildman–Crippen LogP) is 5.75. The highest BCUT2D eigenvalue weighted by Crippen LogP contribution is 2.33. The Labute approximate surface area is 249 Å². The molecule has 3 aromatic heterocycles. The SMILES string of the molecule is CC1=C(C(=O)OC(C)C)[C@@H](c2cccs2)n2c(s/c(=C/c3cn(-c4ccccc4)nc3-c3ccc(Cl)cc3)c2=O)=N1. The Morgan fingerprint density at radius 3 is 2.51 bits per heavy atom. The van der Waals surface area contributed by atoms with Crippen LogP contribution in [0.3, 0.4) is 0 Å². The van der Waals surface area contributed by atoms with Gasteiger partial charge < -0.3 is 4.74 Å². The number of rotatable bonds is 6. The topological polar surface area (TPSA) is 78.5 Å². The third kappa shape index (κ3) is 5.24. The van der Waals surface area contributed by atoms with Gasteiger partial charge in [-0.1, -0.05) is 59.3 Å². The molecule has 0 amide bonds. The van der Waals surface area contributed by atoms with Gasteiger partial charge in [-0.3, -0.25) is 9.36 Å². The van der Waals surface area contributed by atoms with Gasteiger partial charge in [-0.05, 0) is 62.6 Å². The van der Waals surface area contributed by atoms with Crippen LogP contribution in [0.25, 0.3) is 23.0 Å². The third-order valence-corrected chi connectivity index (χ3v) is 8.72. The van der Waals surface area contributed by atoms with Crippen molar-refractivity contribution < 1.29 is 9.53 Å². The second-order valence-electron chi connectivity index (χ2n) is 9.77. The summed E-state index contributed by atoms with van der Waals surface area (Å²) in [7, 11) is 0. The molecule has 4 heterocycles. The number of nitrogens with zero attached hydrogens (tertiary/aromatic N) is 4. The van der Waals surface area contributed by atoms with Crippen LogP contribution < -0.4 is 14.9 Å². The molecule has 6 rings (SSSR count). The molecule has 0 N–H and O–H groups in total. The van der Waals surface area contributed by atoms with E-state index in [0.717, 1.165) is 21.7 Å². The molecular weight excluding hydrogens is 576 g/mol. The van der Waals surface area contributed by atoms with E-state index in [1.807, 2.05) is 84.4 Å². The van der Waals surface area contributed by atoms with E-state index < -0.39 is 12.0 Å². The number of carbonyl (C=O) groups excluding carboxylic acids is 1. The third-order valence-electron chi connectivity index (χ3n) is 6.56. The Morgan fingerprint density at radius 1 is 1.07 bits per heavy atom. The van der Waals surface area contributed by atoms with E-state index in [-0.39, 0.29) is 11.7 Å². The normalized spacial score (nSPS) is 15.2. The van der Waals surface area contributed by atoms with Crippen LogP contribution in [-0.2, 0) is 9.53 Å².